The minimum atomic E-state index is -0.403. The minimum absolute atomic E-state index is 0.165. The molecule has 0 saturated carbocycles. The van der Waals surface area contributed by atoms with E-state index in [-0.39, 0.29) is 11.7 Å². The lowest BCUT2D eigenvalue weighted by molar-refractivity contribution is -0.114. The zero-order valence-corrected chi connectivity index (χ0v) is 14.5. The van der Waals surface area contributed by atoms with Crippen LogP contribution in [-0.2, 0) is 9.53 Å². The molecule has 0 aliphatic carbocycles. The molecule has 2 aromatic carbocycles. The van der Waals surface area contributed by atoms with E-state index in [9.17, 15) is 14.7 Å². The Morgan fingerprint density at radius 1 is 1.15 bits per heavy atom. The molecular weight excluding hydrogens is 332 g/mol. The van der Waals surface area contributed by atoms with Crippen molar-refractivity contribution in [3.63, 3.8) is 0 Å². The number of anilines is 1. The maximum atomic E-state index is 12.7. The molecule has 0 bridgehead atoms. The number of hydrazone groups is 1. The van der Waals surface area contributed by atoms with E-state index in [0.717, 1.165) is 5.56 Å². The van der Waals surface area contributed by atoms with Crippen LogP contribution in [0.2, 0.25) is 0 Å². The first-order valence-electron chi connectivity index (χ1n) is 8.17. The number of carbonyl (C=O) groups excluding carboxylic acids is 2. The SMILES string of the molecule is CCOC(=O)c1ccc(N2N=C(C)/C(=C\c3ccc(O)cc3)C2=O)cc1. The van der Waals surface area contributed by atoms with Gasteiger partial charge in [0.1, 0.15) is 5.75 Å². The van der Waals surface area contributed by atoms with Gasteiger partial charge in [-0.15, -0.1) is 0 Å². The van der Waals surface area contributed by atoms with E-state index in [2.05, 4.69) is 5.10 Å². The Hall–Kier alpha value is -3.41. The lowest BCUT2D eigenvalue weighted by Gasteiger charge is -2.12. The number of benzene rings is 2. The van der Waals surface area contributed by atoms with Gasteiger partial charge in [-0.3, -0.25) is 4.79 Å². The highest BCUT2D eigenvalue weighted by molar-refractivity contribution is 6.32. The highest BCUT2D eigenvalue weighted by Crippen LogP contribution is 2.25. The topological polar surface area (TPSA) is 79.2 Å². The molecule has 3 rings (SSSR count). The largest absolute Gasteiger partial charge is 0.508 e. The number of hydrogen-bond acceptors (Lipinski definition) is 5. The van der Waals surface area contributed by atoms with Gasteiger partial charge in [0.25, 0.3) is 5.91 Å². The Labute approximate surface area is 151 Å². The molecular formula is C20H18N2O4. The highest BCUT2D eigenvalue weighted by Gasteiger charge is 2.28. The first kappa shape index (κ1) is 17.4. The quantitative estimate of drug-likeness (QED) is 0.677. The Morgan fingerprint density at radius 2 is 1.81 bits per heavy atom. The zero-order valence-electron chi connectivity index (χ0n) is 14.5. The van der Waals surface area contributed by atoms with Crippen LogP contribution in [0.3, 0.4) is 0 Å². The molecule has 0 aromatic heterocycles. The molecule has 0 radical (unpaired) electrons. The van der Waals surface area contributed by atoms with Crippen molar-refractivity contribution < 1.29 is 19.4 Å². The summed E-state index contributed by atoms with van der Waals surface area (Å²) in [6, 6.07) is 13.1. The number of hydrogen-bond donors (Lipinski definition) is 1. The molecule has 0 spiro atoms. The van der Waals surface area contributed by atoms with Gasteiger partial charge >= 0.3 is 5.97 Å². The molecule has 1 heterocycles. The maximum Gasteiger partial charge on any atom is 0.338 e. The normalized spacial score (nSPS) is 15.3. The van der Waals surface area contributed by atoms with Crippen LogP contribution in [0.1, 0.15) is 29.8 Å². The molecule has 0 fully saturated rings. The standard InChI is InChI=1S/C20H18N2O4/c1-3-26-20(25)15-6-8-16(9-7-15)22-19(24)18(13(2)21-22)12-14-4-10-17(23)11-5-14/h4-12,23H,3H2,1-2H3/b18-12+. The fourth-order valence-corrected chi connectivity index (χ4v) is 2.55. The van der Waals surface area contributed by atoms with E-state index in [1.165, 1.54) is 5.01 Å². The number of esters is 1. The summed E-state index contributed by atoms with van der Waals surface area (Å²) >= 11 is 0. The Morgan fingerprint density at radius 3 is 2.42 bits per heavy atom. The number of rotatable bonds is 4. The van der Waals surface area contributed by atoms with Crippen LogP contribution in [0.4, 0.5) is 5.69 Å². The number of ether oxygens (including phenoxy) is 1. The molecule has 2 aromatic rings. The lowest BCUT2D eigenvalue weighted by atomic mass is 10.1. The Kier molecular flexibility index (Phi) is 4.84. The average molecular weight is 350 g/mol. The van der Waals surface area contributed by atoms with Crippen molar-refractivity contribution >= 4 is 29.4 Å². The van der Waals surface area contributed by atoms with Crippen molar-refractivity contribution in [3.05, 3.63) is 65.2 Å². The predicted octanol–water partition coefficient (Wildman–Crippen LogP) is 3.38. The van der Waals surface area contributed by atoms with Crippen LogP contribution in [0.5, 0.6) is 5.75 Å². The Bertz CT molecular complexity index is 896. The summed E-state index contributed by atoms with van der Waals surface area (Å²) in [6.07, 6.45) is 1.73. The molecule has 1 amide bonds. The second kappa shape index (κ2) is 7.23. The van der Waals surface area contributed by atoms with Gasteiger partial charge in [-0.1, -0.05) is 12.1 Å². The number of phenols is 1. The zero-order chi connectivity index (χ0) is 18.7. The van der Waals surface area contributed by atoms with Crippen LogP contribution < -0.4 is 5.01 Å². The fourth-order valence-electron chi connectivity index (χ4n) is 2.55. The average Bonchev–Trinajstić information content (AvgIpc) is 2.92. The van der Waals surface area contributed by atoms with Gasteiger partial charge in [-0.2, -0.15) is 10.1 Å². The van der Waals surface area contributed by atoms with Crippen molar-refractivity contribution in [1.82, 2.24) is 0 Å². The Balaban J connectivity index is 1.83. The third-order valence-corrected chi connectivity index (χ3v) is 3.89. The summed E-state index contributed by atoms with van der Waals surface area (Å²) in [7, 11) is 0. The molecule has 26 heavy (non-hydrogen) atoms. The number of aromatic hydroxyl groups is 1. The molecule has 6 nitrogen and oxygen atoms in total. The van der Waals surface area contributed by atoms with Gasteiger partial charge in [-0.05, 0) is 61.9 Å². The molecule has 0 atom stereocenters. The monoisotopic (exact) mass is 350 g/mol. The summed E-state index contributed by atoms with van der Waals surface area (Å²) < 4.78 is 4.95. The van der Waals surface area contributed by atoms with Crippen molar-refractivity contribution in [2.45, 2.75) is 13.8 Å². The molecule has 6 heteroatoms. The summed E-state index contributed by atoms with van der Waals surface area (Å²) in [4.78, 5) is 24.4. The third-order valence-electron chi connectivity index (χ3n) is 3.89. The first-order valence-corrected chi connectivity index (χ1v) is 8.17. The number of phenolic OH excluding ortho intramolecular Hbond substituents is 1. The van der Waals surface area contributed by atoms with E-state index in [4.69, 9.17) is 4.74 Å². The summed E-state index contributed by atoms with van der Waals surface area (Å²) in [6.45, 7) is 3.81. The van der Waals surface area contributed by atoms with Crippen molar-refractivity contribution in [2.24, 2.45) is 5.10 Å². The van der Waals surface area contributed by atoms with Gasteiger partial charge < -0.3 is 9.84 Å². The van der Waals surface area contributed by atoms with Crippen molar-refractivity contribution in [3.8, 4) is 5.75 Å². The number of nitrogens with zero attached hydrogens (tertiary/aromatic N) is 2. The van der Waals surface area contributed by atoms with E-state index < -0.39 is 5.97 Å². The van der Waals surface area contributed by atoms with Crippen molar-refractivity contribution in [1.29, 1.82) is 0 Å². The number of carbonyl (C=O) groups is 2. The number of amides is 1. The van der Waals surface area contributed by atoms with Crippen LogP contribution >= 0.6 is 0 Å². The van der Waals surface area contributed by atoms with Crippen LogP contribution in [0.15, 0.2) is 59.2 Å². The highest BCUT2D eigenvalue weighted by atomic mass is 16.5. The molecule has 1 N–H and O–H groups in total. The fraction of sp³-hybridized carbons (Fsp3) is 0.150. The second-order valence-corrected chi connectivity index (χ2v) is 5.72. The third kappa shape index (κ3) is 3.49. The van der Waals surface area contributed by atoms with E-state index in [0.29, 0.717) is 29.1 Å². The molecule has 1 aliphatic heterocycles. The minimum Gasteiger partial charge on any atom is -0.508 e. The second-order valence-electron chi connectivity index (χ2n) is 5.72. The van der Waals surface area contributed by atoms with E-state index in [1.807, 2.05) is 0 Å². The first-order chi connectivity index (χ1) is 12.5. The maximum absolute atomic E-state index is 12.7. The van der Waals surface area contributed by atoms with Crippen LogP contribution in [0.25, 0.3) is 6.08 Å². The van der Waals surface area contributed by atoms with Gasteiger partial charge in [0.05, 0.1) is 29.1 Å². The predicted molar refractivity (Wildman–Crippen MR) is 99.1 cm³/mol. The molecule has 132 valence electrons. The summed E-state index contributed by atoms with van der Waals surface area (Å²) in [5.74, 6) is -0.488. The van der Waals surface area contributed by atoms with Gasteiger partial charge in [-0.25, -0.2) is 4.79 Å². The molecule has 0 unspecified atom stereocenters. The smallest absolute Gasteiger partial charge is 0.338 e. The van der Waals surface area contributed by atoms with Gasteiger partial charge in [0.2, 0.25) is 0 Å². The molecule has 0 saturated heterocycles. The van der Waals surface area contributed by atoms with E-state index >= 15 is 0 Å². The van der Waals surface area contributed by atoms with Crippen LogP contribution in [-0.4, -0.2) is 29.3 Å². The van der Waals surface area contributed by atoms with Crippen LogP contribution in [0, 0.1) is 0 Å². The van der Waals surface area contributed by atoms with Gasteiger partial charge in [0, 0.05) is 0 Å². The van der Waals surface area contributed by atoms with Gasteiger partial charge in [0.15, 0.2) is 0 Å². The lowest BCUT2D eigenvalue weighted by Crippen LogP contribution is -2.21. The summed E-state index contributed by atoms with van der Waals surface area (Å²) in [5, 5.41) is 15.0. The summed E-state index contributed by atoms with van der Waals surface area (Å²) in [5.41, 5.74) is 2.85. The van der Waals surface area contributed by atoms with Crippen molar-refractivity contribution in [2.75, 3.05) is 11.6 Å². The molecule has 1 aliphatic rings. The van der Waals surface area contributed by atoms with E-state index in [1.54, 1.807) is 68.5 Å².